The van der Waals surface area contributed by atoms with Gasteiger partial charge in [0.15, 0.2) is 0 Å². The van der Waals surface area contributed by atoms with Gasteiger partial charge in [0.1, 0.15) is 11.4 Å². The normalized spacial score (nSPS) is 16.5. The highest BCUT2D eigenvalue weighted by Gasteiger charge is 2.29. The molecule has 1 aliphatic heterocycles. The molecule has 1 N–H and O–H groups in total. The Morgan fingerprint density at radius 1 is 1.35 bits per heavy atom. The van der Waals surface area contributed by atoms with E-state index in [1.54, 1.807) is 11.0 Å². The highest BCUT2D eigenvalue weighted by molar-refractivity contribution is 5.79. The van der Waals surface area contributed by atoms with Crippen LogP contribution in [-0.4, -0.2) is 39.7 Å². The van der Waals surface area contributed by atoms with Crippen molar-refractivity contribution in [2.75, 3.05) is 13.1 Å². The number of nitrogens with one attached hydrogen (secondary N) is 1. The van der Waals surface area contributed by atoms with E-state index in [-0.39, 0.29) is 17.8 Å². The van der Waals surface area contributed by atoms with Crippen LogP contribution in [0.2, 0.25) is 0 Å². The second-order valence-electron chi connectivity index (χ2n) is 8.39. The van der Waals surface area contributed by atoms with Gasteiger partial charge in [0.2, 0.25) is 0 Å². The Bertz CT molecular complexity index is 799. The van der Waals surface area contributed by atoms with E-state index in [1.165, 1.54) is 0 Å². The van der Waals surface area contributed by atoms with Crippen LogP contribution >= 0.6 is 0 Å². The summed E-state index contributed by atoms with van der Waals surface area (Å²) in [5.74, 6) is 0.0713. The van der Waals surface area contributed by atoms with Crippen LogP contribution in [0.15, 0.2) is 12.3 Å². The van der Waals surface area contributed by atoms with Gasteiger partial charge in [-0.15, -0.1) is 0 Å². The second kappa shape index (κ2) is 6.89. The predicted octanol–water partition coefficient (Wildman–Crippen LogP) is 4.94. The summed E-state index contributed by atoms with van der Waals surface area (Å²) in [4.78, 5) is 21.7. The first-order valence-corrected chi connectivity index (χ1v) is 9.31. The Labute approximate surface area is 153 Å². The molecule has 142 valence electrons. The van der Waals surface area contributed by atoms with Crippen molar-refractivity contribution in [1.29, 1.82) is 0 Å². The Hall–Kier alpha value is -2.11. The van der Waals surface area contributed by atoms with Crippen molar-refractivity contribution < 1.29 is 13.9 Å². The molecule has 0 saturated carbocycles. The lowest BCUT2D eigenvalue weighted by atomic mass is 9.92. The SMILES string of the molecule is CC(C)c1c[nH]c2cc(F)c(C3CCN(C(=O)OC(C)(C)C)CC3)nc12. The molecule has 1 saturated heterocycles. The first-order chi connectivity index (χ1) is 12.2. The minimum absolute atomic E-state index is 0.0213. The molecule has 0 aromatic carbocycles. The number of nitrogens with zero attached hydrogens (tertiary/aromatic N) is 2. The summed E-state index contributed by atoms with van der Waals surface area (Å²) < 4.78 is 20.0. The molecule has 6 heteroatoms. The summed E-state index contributed by atoms with van der Waals surface area (Å²) in [5.41, 5.74) is 2.70. The lowest BCUT2D eigenvalue weighted by Crippen LogP contribution is -2.41. The maximum absolute atomic E-state index is 14.6. The van der Waals surface area contributed by atoms with Crippen molar-refractivity contribution in [1.82, 2.24) is 14.9 Å². The first kappa shape index (κ1) is 18.7. The number of piperidine rings is 1. The second-order valence-corrected chi connectivity index (χ2v) is 8.39. The van der Waals surface area contributed by atoms with Crippen LogP contribution in [0.4, 0.5) is 9.18 Å². The molecule has 0 radical (unpaired) electrons. The number of aromatic amines is 1. The third kappa shape index (κ3) is 3.84. The number of rotatable bonds is 2. The van der Waals surface area contributed by atoms with Gasteiger partial charge < -0.3 is 14.6 Å². The lowest BCUT2D eigenvalue weighted by Gasteiger charge is -2.33. The monoisotopic (exact) mass is 361 g/mol. The highest BCUT2D eigenvalue weighted by atomic mass is 19.1. The number of hydrogen-bond donors (Lipinski definition) is 1. The minimum atomic E-state index is -0.506. The largest absolute Gasteiger partial charge is 0.444 e. The van der Waals surface area contributed by atoms with Gasteiger partial charge in [-0.2, -0.15) is 0 Å². The average molecular weight is 361 g/mol. The zero-order valence-electron chi connectivity index (χ0n) is 16.2. The molecular weight excluding hydrogens is 333 g/mol. The van der Waals surface area contributed by atoms with Gasteiger partial charge in [-0.3, -0.25) is 0 Å². The molecule has 26 heavy (non-hydrogen) atoms. The lowest BCUT2D eigenvalue weighted by molar-refractivity contribution is 0.0203. The molecule has 2 aromatic rings. The number of hydrogen-bond acceptors (Lipinski definition) is 3. The third-order valence-electron chi connectivity index (χ3n) is 4.82. The number of carbonyl (C=O) groups excluding carboxylic acids is 1. The summed E-state index contributed by atoms with van der Waals surface area (Å²) in [5, 5.41) is 0. The number of carbonyl (C=O) groups is 1. The van der Waals surface area contributed by atoms with Gasteiger partial charge in [0.05, 0.1) is 16.7 Å². The first-order valence-electron chi connectivity index (χ1n) is 9.31. The van der Waals surface area contributed by atoms with Gasteiger partial charge in [-0.25, -0.2) is 14.2 Å². The smallest absolute Gasteiger partial charge is 0.410 e. The highest BCUT2D eigenvalue weighted by Crippen LogP contribution is 2.32. The van der Waals surface area contributed by atoms with Gasteiger partial charge in [-0.1, -0.05) is 13.8 Å². The van der Waals surface area contributed by atoms with Crippen LogP contribution in [0.5, 0.6) is 0 Å². The Balaban J connectivity index is 1.76. The van der Waals surface area contributed by atoms with E-state index in [2.05, 4.69) is 23.8 Å². The molecule has 1 aliphatic rings. The van der Waals surface area contributed by atoms with Gasteiger partial charge in [0, 0.05) is 31.3 Å². The Morgan fingerprint density at radius 3 is 2.58 bits per heavy atom. The molecular formula is C20H28FN3O2. The quantitative estimate of drug-likeness (QED) is 0.824. The van der Waals surface area contributed by atoms with Gasteiger partial charge in [0.25, 0.3) is 0 Å². The van der Waals surface area contributed by atoms with Crippen LogP contribution in [0.3, 0.4) is 0 Å². The van der Waals surface area contributed by atoms with Crippen LogP contribution < -0.4 is 0 Å². The zero-order valence-corrected chi connectivity index (χ0v) is 16.2. The molecule has 3 heterocycles. The average Bonchev–Trinajstić information content (AvgIpc) is 2.95. The molecule has 1 amide bonds. The fourth-order valence-electron chi connectivity index (χ4n) is 3.45. The maximum atomic E-state index is 14.6. The molecule has 0 unspecified atom stereocenters. The van der Waals surface area contributed by atoms with Crippen LogP contribution in [0, 0.1) is 5.82 Å². The van der Waals surface area contributed by atoms with E-state index in [0.717, 1.165) is 16.6 Å². The van der Waals surface area contributed by atoms with E-state index in [4.69, 9.17) is 4.74 Å². The van der Waals surface area contributed by atoms with E-state index in [0.29, 0.717) is 37.5 Å². The third-order valence-corrected chi connectivity index (χ3v) is 4.82. The summed E-state index contributed by atoms with van der Waals surface area (Å²) in [6, 6.07) is 1.55. The number of likely N-dealkylation sites (tertiary alicyclic amines) is 1. The summed E-state index contributed by atoms with van der Waals surface area (Å²) in [6.45, 7) is 10.9. The maximum Gasteiger partial charge on any atom is 0.410 e. The summed E-state index contributed by atoms with van der Waals surface area (Å²) in [6.07, 6.45) is 3.00. The van der Waals surface area contributed by atoms with E-state index < -0.39 is 5.60 Å². The fraction of sp³-hybridized carbons (Fsp3) is 0.600. The molecule has 3 rings (SSSR count). The minimum Gasteiger partial charge on any atom is -0.444 e. The van der Waals surface area contributed by atoms with Crippen molar-refractivity contribution >= 4 is 17.1 Å². The number of ether oxygens (including phenoxy) is 1. The van der Waals surface area contributed by atoms with Crippen LogP contribution in [0.1, 0.15) is 70.6 Å². The van der Waals surface area contributed by atoms with Crippen molar-refractivity contribution in [3.63, 3.8) is 0 Å². The van der Waals surface area contributed by atoms with Crippen molar-refractivity contribution in [2.24, 2.45) is 0 Å². The van der Waals surface area contributed by atoms with Crippen LogP contribution in [0.25, 0.3) is 11.0 Å². The van der Waals surface area contributed by atoms with Crippen molar-refractivity contribution in [2.45, 2.75) is 64.9 Å². The van der Waals surface area contributed by atoms with Gasteiger partial charge in [-0.05, 0) is 45.1 Å². The summed E-state index contributed by atoms with van der Waals surface area (Å²) in [7, 11) is 0. The zero-order chi connectivity index (χ0) is 19.1. The number of H-pyrrole nitrogens is 1. The van der Waals surface area contributed by atoms with Crippen molar-refractivity contribution in [3.8, 4) is 0 Å². The number of aromatic nitrogens is 2. The molecule has 5 nitrogen and oxygen atoms in total. The number of amides is 1. The Morgan fingerprint density at radius 2 is 2.00 bits per heavy atom. The molecule has 0 aliphatic carbocycles. The number of pyridine rings is 1. The molecule has 2 aromatic heterocycles. The molecule has 0 atom stereocenters. The predicted molar refractivity (Wildman–Crippen MR) is 99.9 cm³/mol. The standard InChI is InChI=1S/C20H28FN3O2/c1-12(2)14-11-22-16-10-15(21)17(23-18(14)16)13-6-8-24(9-7-13)19(25)26-20(3,4)5/h10-13,22H,6-9H2,1-5H3. The topological polar surface area (TPSA) is 58.2 Å². The van der Waals surface area contributed by atoms with Crippen LogP contribution in [-0.2, 0) is 4.74 Å². The van der Waals surface area contributed by atoms with E-state index in [9.17, 15) is 9.18 Å². The molecule has 0 bridgehead atoms. The number of fused-ring (bicyclic) bond motifs is 1. The molecule has 1 fully saturated rings. The fourth-order valence-corrected chi connectivity index (χ4v) is 3.45. The van der Waals surface area contributed by atoms with E-state index in [1.807, 2.05) is 27.0 Å². The summed E-state index contributed by atoms with van der Waals surface area (Å²) >= 11 is 0. The number of halogens is 1. The molecule has 0 spiro atoms. The van der Waals surface area contributed by atoms with E-state index >= 15 is 0 Å². The Kier molecular flexibility index (Phi) is 4.95. The van der Waals surface area contributed by atoms with Crippen molar-refractivity contribution in [3.05, 3.63) is 29.3 Å². The van der Waals surface area contributed by atoms with Gasteiger partial charge >= 0.3 is 6.09 Å².